The predicted molar refractivity (Wildman–Crippen MR) is 88.1 cm³/mol. The van der Waals surface area contributed by atoms with Crippen LogP contribution in [0.1, 0.15) is 40.4 Å². The highest BCUT2D eigenvalue weighted by atomic mass is 16.1. The quantitative estimate of drug-likeness (QED) is 0.792. The maximum Gasteiger partial charge on any atom is 0.251 e. The smallest absolute Gasteiger partial charge is 0.251 e. The van der Waals surface area contributed by atoms with E-state index in [-0.39, 0.29) is 11.9 Å². The van der Waals surface area contributed by atoms with Gasteiger partial charge in [0.2, 0.25) is 0 Å². The van der Waals surface area contributed by atoms with Crippen molar-refractivity contribution in [1.29, 1.82) is 0 Å². The summed E-state index contributed by atoms with van der Waals surface area (Å²) in [7, 11) is 1.84. The first-order valence-corrected chi connectivity index (χ1v) is 7.90. The number of hydrogen-bond donors (Lipinski definition) is 1. The Morgan fingerprint density at radius 1 is 1.26 bits per heavy atom. The number of fused-ring (bicyclic) bond motifs is 2. The monoisotopic (exact) mass is 306 g/mol. The molecule has 0 saturated carbocycles. The zero-order chi connectivity index (χ0) is 15.8. The van der Waals surface area contributed by atoms with E-state index in [2.05, 4.69) is 33.8 Å². The zero-order valence-corrected chi connectivity index (χ0v) is 13.0. The van der Waals surface area contributed by atoms with Gasteiger partial charge in [-0.05, 0) is 48.6 Å². The Morgan fingerprint density at radius 2 is 2.13 bits per heavy atom. The van der Waals surface area contributed by atoms with Gasteiger partial charge in [0.15, 0.2) is 0 Å². The van der Waals surface area contributed by atoms with Crippen molar-refractivity contribution in [3.63, 3.8) is 0 Å². The van der Waals surface area contributed by atoms with Crippen molar-refractivity contribution in [2.24, 2.45) is 7.05 Å². The SMILES string of the molecule is Cn1nnc2cc(C(=O)N[C@@H]3CCCc4ccccc43)ccc21. The first kappa shape index (κ1) is 13.9. The number of aryl methyl sites for hydroxylation is 2. The molecule has 23 heavy (non-hydrogen) atoms. The summed E-state index contributed by atoms with van der Waals surface area (Å²) in [6.45, 7) is 0. The van der Waals surface area contributed by atoms with Crippen LogP contribution in [0.4, 0.5) is 0 Å². The summed E-state index contributed by atoms with van der Waals surface area (Å²) < 4.78 is 1.70. The van der Waals surface area contributed by atoms with E-state index in [1.165, 1.54) is 11.1 Å². The summed E-state index contributed by atoms with van der Waals surface area (Å²) in [6.07, 6.45) is 3.18. The number of nitrogens with one attached hydrogen (secondary N) is 1. The van der Waals surface area contributed by atoms with Gasteiger partial charge in [0.25, 0.3) is 5.91 Å². The fourth-order valence-corrected chi connectivity index (χ4v) is 3.33. The minimum atomic E-state index is -0.0562. The maximum atomic E-state index is 12.6. The largest absolute Gasteiger partial charge is 0.345 e. The molecule has 5 heteroatoms. The fourth-order valence-electron chi connectivity index (χ4n) is 3.33. The van der Waals surface area contributed by atoms with Crippen LogP contribution in [-0.4, -0.2) is 20.9 Å². The predicted octanol–water partition coefficient (Wildman–Crippen LogP) is 2.78. The van der Waals surface area contributed by atoms with E-state index in [0.29, 0.717) is 5.56 Å². The molecule has 0 bridgehead atoms. The topological polar surface area (TPSA) is 59.8 Å². The van der Waals surface area contributed by atoms with E-state index in [0.717, 1.165) is 30.3 Å². The molecule has 0 radical (unpaired) electrons. The lowest BCUT2D eigenvalue weighted by Crippen LogP contribution is -2.30. The molecule has 1 atom stereocenters. The molecule has 1 aromatic heterocycles. The lowest BCUT2D eigenvalue weighted by Gasteiger charge is -2.26. The van der Waals surface area contributed by atoms with Crippen molar-refractivity contribution in [3.8, 4) is 0 Å². The standard InChI is InChI=1S/C18H18N4O/c1-22-17-10-9-13(11-16(17)20-21-22)18(23)19-15-8-4-6-12-5-2-3-7-14(12)15/h2-3,5,7,9-11,15H,4,6,8H2,1H3,(H,19,23)/t15-/m1/s1. The average molecular weight is 306 g/mol. The van der Waals surface area contributed by atoms with Gasteiger partial charge >= 0.3 is 0 Å². The first-order valence-electron chi connectivity index (χ1n) is 7.90. The Labute approximate surface area is 134 Å². The van der Waals surface area contributed by atoms with Crippen LogP contribution in [0.2, 0.25) is 0 Å². The molecule has 0 spiro atoms. The van der Waals surface area contributed by atoms with E-state index in [1.54, 1.807) is 10.7 Å². The van der Waals surface area contributed by atoms with Crippen molar-refractivity contribution in [2.75, 3.05) is 0 Å². The van der Waals surface area contributed by atoms with Gasteiger partial charge in [-0.3, -0.25) is 4.79 Å². The first-order chi connectivity index (χ1) is 11.2. The van der Waals surface area contributed by atoms with E-state index < -0.39 is 0 Å². The van der Waals surface area contributed by atoms with Crippen LogP contribution in [0.5, 0.6) is 0 Å². The number of rotatable bonds is 2. The third kappa shape index (κ3) is 2.48. The second-order valence-electron chi connectivity index (χ2n) is 6.03. The van der Waals surface area contributed by atoms with Crippen LogP contribution in [0, 0.1) is 0 Å². The average Bonchev–Trinajstić information content (AvgIpc) is 2.96. The second kappa shape index (κ2) is 5.50. The molecule has 0 fully saturated rings. The van der Waals surface area contributed by atoms with Crippen LogP contribution in [0.25, 0.3) is 11.0 Å². The third-order valence-electron chi connectivity index (χ3n) is 4.55. The van der Waals surface area contributed by atoms with E-state index in [4.69, 9.17) is 0 Å². The van der Waals surface area contributed by atoms with Crippen LogP contribution in [0.3, 0.4) is 0 Å². The molecule has 116 valence electrons. The number of hydrogen-bond acceptors (Lipinski definition) is 3. The molecule has 1 heterocycles. The molecule has 0 unspecified atom stereocenters. The molecule has 3 aromatic rings. The molecule has 1 amide bonds. The normalized spacial score (nSPS) is 17.0. The summed E-state index contributed by atoms with van der Waals surface area (Å²) in [5, 5.41) is 11.2. The number of nitrogens with zero attached hydrogens (tertiary/aromatic N) is 3. The van der Waals surface area contributed by atoms with E-state index in [9.17, 15) is 4.79 Å². The molecule has 5 nitrogen and oxygen atoms in total. The highest BCUT2D eigenvalue weighted by Gasteiger charge is 2.22. The van der Waals surface area contributed by atoms with E-state index >= 15 is 0 Å². The molecule has 4 rings (SSSR count). The van der Waals surface area contributed by atoms with Gasteiger partial charge in [0, 0.05) is 12.6 Å². The zero-order valence-electron chi connectivity index (χ0n) is 13.0. The highest BCUT2D eigenvalue weighted by Crippen LogP contribution is 2.29. The van der Waals surface area contributed by atoms with Gasteiger partial charge in [-0.25, -0.2) is 4.68 Å². The maximum absolute atomic E-state index is 12.6. The molecule has 0 saturated heterocycles. The summed E-state index contributed by atoms with van der Waals surface area (Å²) in [4.78, 5) is 12.6. The lowest BCUT2D eigenvalue weighted by atomic mass is 9.87. The molecular formula is C18H18N4O. The van der Waals surface area contributed by atoms with Gasteiger partial charge < -0.3 is 5.32 Å². The Bertz CT molecular complexity index is 884. The molecule has 0 aliphatic heterocycles. The molecule has 1 N–H and O–H groups in total. The number of carbonyl (C=O) groups is 1. The van der Waals surface area contributed by atoms with Gasteiger partial charge in [0.1, 0.15) is 5.52 Å². The van der Waals surface area contributed by atoms with Crippen molar-refractivity contribution in [2.45, 2.75) is 25.3 Å². The number of carbonyl (C=O) groups excluding carboxylic acids is 1. The summed E-state index contributed by atoms with van der Waals surface area (Å²) >= 11 is 0. The van der Waals surface area contributed by atoms with Crippen LogP contribution < -0.4 is 5.32 Å². The number of benzene rings is 2. The molecule has 2 aromatic carbocycles. The van der Waals surface area contributed by atoms with Gasteiger partial charge in [-0.1, -0.05) is 29.5 Å². The van der Waals surface area contributed by atoms with Crippen molar-refractivity contribution in [1.82, 2.24) is 20.3 Å². The van der Waals surface area contributed by atoms with E-state index in [1.807, 2.05) is 25.2 Å². The van der Waals surface area contributed by atoms with Gasteiger partial charge in [0.05, 0.1) is 11.6 Å². The lowest BCUT2D eigenvalue weighted by molar-refractivity contribution is 0.0933. The van der Waals surface area contributed by atoms with Crippen LogP contribution >= 0.6 is 0 Å². The van der Waals surface area contributed by atoms with Crippen molar-refractivity contribution >= 4 is 16.9 Å². The summed E-state index contributed by atoms with van der Waals surface area (Å²) in [6, 6.07) is 14.0. The third-order valence-corrected chi connectivity index (χ3v) is 4.55. The Balaban J connectivity index is 1.60. The van der Waals surface area contributed by atoms with Crippen LogP contribution in [-0.2, 0) is 13.5 Å². The van der Waals surface area contributed by atoms with Gasteiger partial charge in [-0.15, -0.1) is 5.10 Å². The highest BCUT2D eigenvalue weighted by molar-refractivity contribution is 5.97. The number of amides is 1. The summed E-state index contributed by atoms with van der Waals surface area (Å²) in [5.74, 6) is -0.0562. The number of aromatic nitrogens is 3. The summed E-state index contributed by atoms with van der Waals surface area (Å²) in [5.41, 5.74) is 4.87. The Morgan fingerprint density at radius 3 is 3.04 bits per heavy atom. The minimum absolute atomic E-state index is 0.0562. The van der Waals surface area contributed by atoms with Crippen molar-refractivity contribution in [3.05, 3.63) is 59.2 Å². The molecule has 1 aliphatic rings. The second-order valence-corrected chi connectivity index (χ2v) is 6.03. The molecule has 1 aliphatic carbocycles. The van der Waals surface area contributed by atoms with Crippen molar-refractivity contribution < 1.29 is 4.79 Å². The molecular weight excluding hydrogens is 288 g/mol. The van der Waals surface area contributed by atoms with Crippen LogP contribution in [0.15, 0.2) is 42.5 Å². The van der Waals surface area contributed by atoms with Gasteiger partial charge in [-0.2, -0.15) is 0 Å². The minimum Gasteiger partial charge on any atom is -0.345 e. The Kier molecular flexibility index (Phi) is 3.33. The fraction of sp³-hybridized carbons (Fsp3) is 0.278. The Hall–Kier alpha value is -2.69.